The number of fused-ring (bicyclic) bond motifs is 1. The zero-order valence-corrected chi connectivity index (χ0v) is 11.3. The van der Waals surface area contributed by atoms with Crippen LogP contribution in [0.1, 0.15) is 10.5 Å². The molecule has 21 heavy (non-hydrogen) atoms. The van der Waals surface area contributed by atoms with Crippen molar-refractivity contribution in [1.29, 1.82) is 0 Å². The van der Waals surface area contributed by atoms with Crippen molar-refractivity contribution in [3.8, 4) is 17.0 Å². The van der Waals surface area contributed by atoms with E-state index in [4.69, 9.17) is 16.2 Å². The Hall–Kier alpha value is -2.71. The normalized spacial score (nSPS) is 15.7. The second kappa shape index (κ2) is 4.69. The highest BCUT2D eigenvalue weighted by molar-refractivity contribution is 5.99. The van der Waals surface area contributed by atoms with E-state index in [2.05, 4.69) is 20.6 Å². The summed E-state index contributed by atoms with van der Waals surface area (Å²) in [6, 6.07) is 7.31. The van der Waals surface area contributed by atoms with E-state index in [1.54, 1.807) is 7.11 Å². The van der Waals surface area contributed by atoms with Gasteiger partial charge in [-0.3, -0.25) is 16.3 Å². The van der Waals surface area contributed by atoms with Gasteiger partial charge in [-0.05, 0) is 24.3 Å². The molecule has 6 N–H and O–H groups in total. The fourth-order valence-electron chi connectivity index (χ4n) is 2.02. The second-order valence-corrected chi connectivity index (χ2v) is 4.63. The molecule has 3 rings (SSSR count). The third-order valence-electron chi connectivity index (χ3n) is 3.02. The zero-order chi connectivity index (χ0) is 15.0. The predicted octanol–water partition coefficient (Wildman–Crippen LogP) is -0.164. The van der Waals surface area contributed by atoms with E-state index in [0.29, 0.717) is 5.69 Å². The summed E-state index contributed by atoms with van der Waals surface area (Å²) >= 11 is 0. The van der Waals surface area contributed by atoms with Gasteiger partial charge in [-0.1, -0.05) is 0 Å². The number of rotatable bonds is 2. The molecule has 1 aromatic carbocycles. The van der Waals surface area contributed by atoms with Crippen molar-refractivity contribution in [3.63, 3.8) is 0 Å². The predicted molar refractivity (Wildman–Crippen MR) is 76.2 cm³/mol. The molecule has 1 aliphatic heterocycles. The van der Waals surface area contributed by atoms with Gasteiger partial charge in [0.2, 0.25) is 5.91 Å². The van der Waals surface area contributed by atoms with Crippen LogP contribution in [0.25, 0.3) is 11.3 Å². The standard InChI is InChI=1S/C13H14N6O2/c1-21-8-4-2-7(3-5-8)9-6-16-10-11(17-9)18-13(14,15)19-12(10)20/h2-6H,14-15H2,1H3,(H,17,18)(H,19,20). The van der Waals surface area contributed by atoms with Crippen molar-refractivity contribution < 1.29 is 9.53 Å². The molecule has 1 amide bonds. The number of nitrogens with two attached hydrogens (primary N) is 2. The molecule has 0 bridgehead atoms. The quantitative estimate of drug-likeness (QED) is 0.564. The highest BCUT2D eigenvalue weighted by Gasteiger charge is 2.32. The van der Waals surface area contributed by atoms with E-state index >= 15 is 0 Å². The van der Waals surface area contributed by atoms with E-state index in [1.807, 2.05) is 24.3 Å². The Kier molecular flexibility index (Phi) is 2.96. The number of methoxy groups -OCH3 is 1. The molecular formula is C13H14N6O2. The lowest BCUT2D eigenvalue weighted by Gasteiger charge is -2.31. The van der Waals surface area contributed by atoms with Crippen LogP contribution >= 0.6 is 0 Å². The first-order valence-corrected chi connectivity index (χ1v) is 6.18. The molecule has 2 aromatic rings. The summed E-state index contributed by atoms with van der Waals surface area (Å²) in [7, 11) is 1.60. The molecule has 2 heterocycles. The Morgan fingerprint density at radius 2 is 1.90 bits per heavy atom. The number of hydrogen-bond donors (Lipinski definition) is 4. The molecule has 8 heteroatoms. The van der Waals surface area contributed by atoms with Crippen molar-refractivity contribution >= 4 is 11.7 Å². The van der Waals surface area contributed by atoms with Gasteiger partial charge in [0.05, 0.1) is 19.0 Å². The van der Waals surface area contributed by atoms with Gasteiger partial charge in [0.25, 0.3) is 5.91 Å². The van der Waals surface area contributed by atoms with Gasteiger partial charge >= 0.3 is 0 Å². The van der Waals surface area contributed by atoms with Crippen LogP contribution < -0.4 is 26.8 Å². The molecule has 0 fully saturated rings. The van der Waals surface area contributed by atoms with Crippen LogP contribution in [0.5, 0.6) is 5.75 Å². The Labute approximate surface area is 120 Å². The fourth-order valence-corrected chi connectivity index (χ4v) is 2.02. The summed E-state index contributed by atoms with van der Waals surface area (Å²) in [5, 5.41) is 5.10. The Balaban J connectivity index is 2.00. The van der Waals surface area contributed by atoms with Crippen LogP contribution in [0.4, 0.5) is 5.82 Å². The van der Waals surface area contributed by atoms with Gasteiger partial charge < -0.3 is 15.4 Å². The van der Waals surface area contributed by atoms with Crippen molar-refractivity contribution in [3.05, 3.63) is 36.2 Å². The third kappa shape index (κ3) is 2.49. The summed E-state index contributed by atoms with van der Waals surface area (Å²) in [5.74, 6) is -1.03. The molecule has 0 atom stereocenters. The number of nitrogens with one attached hydrogen (secondary N) is 2. The van der Waals surface area contributed by atoms with Crippen molar-refractivity contribution in [2.24, 2.45) is 11.5 Å². The zero-order valence-electron chi connectivity index (χ0n) is 11.3. The Bertz CT molecular complexity index is 698. The molecule has 1 aliphatic rings. The molecule has 1 aromatic heterocycles. The van der Waals surface area contributed by atoms with Crippen LogP contribution in [0, 0.1) is 0 Å². The minimum atomic E-state index is -1.54. The molecule has 0 spiro atoms. The van der Waals surface area contributed by atoms with Gasteiger partial charge in [-0.15, -0.1) is 0 Å². The number of hydrogen-bond acceptors (Lipinski definition) is 7. The third-order valence-corrected chi connectivity index (χ3v) is 3.02. The summed E-state index contributed by atoms with van der Waals surface area (Å²) in [5.41, 5.74) is 12.9. The summed E-state index contributed by atoms with van der Waals surface area (Å²) in [4.78, 5) is 20.3. The first-order valence-electron chi connectivity index (χ1n) is 6.18. The molecule has 0 saturated carbocycles. The fraction of sp³-hybridized carbons (Fsp3) is 0.154. The minimum Gasteiger partial charge on any atom is -0.497 e. The minimum absolute atomic E-state index is 0.152. The maximum atomic E-state index is 11.8. The Morgan fingerprint density at radius 1 is 1.19 bits per heavy atom. The highest BCUT2D eigenvalue weighted by Crippen LogP contribution is 2.24. The summed E-state index contributed by atoms with van der Waals surface area (Å²) < 4.78 is 5.10. The first-order chi connectivity index (χ1) is 9.98. The number of carbonyl (C=O) groups excluding carboxylic acids is 1. The number of nitrogens with zero attached hydrogens (tertiary/aromatic N) is 2. The molecule has 0 radical (unpaired) electrons. The van der Waals surface area contributed by atoms with Gasteiger partial charge in [-0.25, -0.2) is 9.97 Å². The van der Waals surface area contributed by atoms with Crippen LogP contribution in [0.2, 0.25) is 0 Å². The summed E-state index contributed by atoms with van der Waals surface area (Å²) in [6.45, 7) is 0. The van der Waals surface area contributed by atoms with Crippen molar-refractivity contribution in [2.45, 2.75) is 5.91 Å². The lowest BCUT2D eigenvalue weighted by atomic mass is 10.1. The number of amides is 1. The maximum absolute atomic E-state index is 11.8. The molecule has 0 saturated heterocycles. The Morgan fingerprint density at radius 3 is 2.57 bits per heavy atom. The molecule has 108 valence electrons. The SMILES string of the molecule is COc1ccc(-c2cnc3c(n2)NC(N)(N)NC3=O)cc1. The molecule has 0 aliphatic carbocycles. The number of ether oxygens (including phenoxy) is 1. The number of aromatic nitrogens is 2. The largest absolute Gasteiger partial charge is 0.497 e. The van der Waals surface area contributed by atoms with E-state index in [0.717, 1.165) is 11.3 Å². The molecule has 0 unspecified atom stereocenters. The smallest absolute Gasteiger partial charge is 0.277 e. The highest BCUT2D eigenvalue weighted by atomic mass is 16.5. The van der Waals surface area contributed by atoms with Gasteiger partial charge in [-0.2, -0.15) is 0 Å². The average molecular weight is 286 g/mol. The number of carbonyl (C=O) groups is 1. The van der Waals surface area contributed by atoms with Crippen LogP contribution in [0.15, 0.2) is 30.5 Å². The van der Waals surface area contributed by atoms with Gasteiger partial charge in [0.15, 0.2) is 11.5 Å². The van der Waals surface area contributed by atoms with Crippen LogP contribution in [0.3, 0.4) is 0 Å². The lowest BCUT2D eigenvalue weighted by molar-refractivity contribution is 0.0899. The van der Waals surface area contributed by atoms with E-state index < -0.39 is 11.8 Å². The van der Waals surface area contributed by atoms with E-state index in [1.165, 1.54) is 6.20 Å². The maximum Gasteiger partial charge on any atom is 0.277 e. The monoisotopic (exact) mass is 286 g/mol. The van der Waals surface area contributed by atoms with E-state index in [9.17, 15) is 4.79 Å². The van der Waals surface area contributed by atoms with E-state index in [-0.39, 0.29) is 11.5 Å². The van der Waals surface area contributed by atoms with Crippen molar-refractivity contribution in [2.75, 3.05) is 12.4 Å². The van der Waals surface area contributed by atoms with Gasteiger partial charge in [0.1, 0.15) is 5.75 Å². The van der Waals surface area contributed by atoms with Crippen LogP contribution in [-0.2, 0) is 0 Å². The number of benzene rings is 1. The number of anilines is 1. The molecule has 8 nitrogen and oxygen atoms in total. The molecular weight excluding hydrogens is 272 g/mol. The van der Waals surface area contributed by atoms with Crippen molar-refractivity contribution in [1.82, 2.24) is 15.3 Å². The van der Waals surface area contributed by atoms with Gasteiger partial charge in [0, 0.05) is 5.56 Å². The second-order valence-electron chi connectivity index (χ2n) is 4.63. The topological polar surface area (TPSA) is 128 Å². The average Bonchev–Trinajstić information content (AvgIpc) is 2.45. The first kappa shape index (κ1) is 13.3. The van der Waals surface area contributed by atoms with Crippen LogP contribution in [-0.4, -0.2) is 28.9 Å². The lowest BCUT2D eigenvalue weighted by Crippen LogP contribution is -2.70. The summed E-state index contributed by atoms with van der Waals surface area (Å²) in [6.07, 6.45) is 1.52.